The molecule has 0 atom stereocenters. The molecule has 2 aromatic carbocycles. The van der Waals surface area contributed by atoms with Crippen LogP contribution in [-0.2, 0) is 10.2 Å². The van der Waals surface area contributed by atoms with Crippen molar-refractivity contribution in [1.29, 1.82) is 5.26 Å². The number of carbonyl (C=O) groups excluding carboxylic acids is 1. The Balaban J connectivity index is 1.71. The number of ether oxygens (including phenoxy) is 2. The summed E-state index contributed by atoms with van der Waals surface area (Å²) >= 11 is 0. The molecule has 2 aromatic heterocycles. The van der Waals surface area contributed by atoms with Gasteiger partial charge in [-0.1, -0.05) is 39.0 Å². The van der Waals surface area contributed by atoms with Gasteiger partial charge in [-0.2, -0.15) is 10.2 Å². The number of hydrogen-bond donors (Lipinski definition) is 1. The number of nitrogens with one attached hydrogen (secondary N) is 1. The molecular weight excluding hydrogens is 480 g/mol. The molecule has 192 valence electrons. The van der Waals surface area contributed by atoms with Crippen LogP contribution >= 0.6 is 0 Å². The van der Waals surface area contributed by atoms with Crippen molar-refractivity contribution in [3.63, 3.8) is 0 Å². The van der Waals surface area contributed by atoms with E-state index in [1.165, 1.54) is 10.5 Å². The molecule has 0 radical (unpaired) electrons. The quantitative estimate of drug-likeness (QED) is 0.252. The second kappa shape index (κ2) is 11.0. The summed E-state index contributed by atoms with van der Waals surface area (Å²) in [6.07, 6.45) is 2.77. The molecule has 0 aliphatic carbocycles. The van der Waals surface area contributed by atoms with Crippen LogP contribution < -0.4 is 20.3 Å². The molecule has 4 rings (SSSR count). The van der Waals surface area contributed by atoms with E-state index in [-0.39, 0.29) is 22.4 Å². The van der Waals surface area contributed by atoms with E-state index in [1.54, 1.807) is 60.8 Å². The van der Waals surface area contributed by atoms with Gasteiger partial charge in [-0.05, 0) is 72.5 Å². The van der Waals surface area contributed by atoms with E-state index in [1.807, 2.05) is 25.1 Å². The smallest absolute Gasteiger partial charge is 0.269 e. The van der Waals surface area contributed by atoms with Gasteiger partial charge in [0.1, 0.15) is 34.4 Å². The molecule has 8 nitrogen and oxygen atoms in total. The van der Waals surface area contributed by atoms with E-state index in [0.29, 0.717) is 29.4 Å². The molecule has 0 fully saturated rings. The minimum absolute atomic E-state index is 0.00803. The first-order chi connectivity index (χ1) is 18.2. The lowest BCUT2D eigenvalue weighted by Crippen LogP contribution is -2.20. The van der Waals surface area contributed by atoms with Gasteiger partial charge >= 0.3 is 0 Å². The zero-order chi connectivity index (χ0) is 27.3. The van der Waals surface area contributed by atoms with Gasteiger partial charge in [0.05, 0.1) is 6.61 Å². The Labute approximate surface area is 220 Å². The van der Waals surface area contributed by atoms with Crippen LogP contribution in [-0.4, -0.2) is 21.9 Å². The number of fused-ring (bicyclic) bond motifs is 1. The van der Waals surface area contributed by atoms with Crippen molar-refractivity contribution < 1.29 is 14.3 Å². The van der Waals surface area contributed by atoms with Gasteiger partial charge in [0.2, 0.25) is 5.88 Å². The maximum atomic E-state index is 13.4. The largest absolute Gasteiger partial charge is 0.494 e. The summed E-state index contributed by atoms with van der Waals surface area (Å²) in [4.78, 5) is 30.8. The van der Waals surface area contributed by atoms with Crippen LogP contribution in [0.25, 0.3) is 11.7 Å². The van der Waals surface area contributed by atoms with Gasteiger partial charge in [-0.25, -0.2) is 0 Å². The molecule has 0 bridgehead atoms. The molecular formula is C30H28N4O4. The summed E-state index contributed by atoms with van der Waals surface area (Å²) in [5, 5.41) is 12.4. The lowest BCUT2D eigenvalue weighted by molar-refractivity contribution is -0.112. The van der Waals surface area contributed by atoms with Crippen LogP contribution in [0.2, 0.25) is 0 Å². The van der Waals surface area contributed by atoms with Gasteiger partial charge in [0.15, 0.2) is 0 Å². The first-order valence-corrected chi connectivity index (χ1v) is 12.2. The first-order valence-electron chi connectivity index (χ1n) is 12.2. The third kappa shape index (κ3) is 5.90. The molecule has 1 amide bonds. The number of pyridine rings is 1. The number of amides is 1. The fraction of sp³-hybridized carbons (Fsp3) is 0.200. The summed E-state index contributed by atoms with van der Waals surface area (Å²) < 4.78 is 12.8. The van der Waals surface area contributed by atoms with Crippen molar-refractivity contribution in [1.82, 2.24) is 9.38 Å². The van der Waals surface area contributed by atoms with Crippen LogP contribution in [0, 0.1) is 11.3 Å². The molecule has 0 saturated carbocycles. The monoisotopic (exact) mass is 508 g/mol. The Bertz CT molecular complexity index is 1590. The Hall–Kier alpha value is -4.90. The van der Waals surface area contributed by atoms with Crippen molar-refractivity contribution in [2.24, 2.45) is 0 Å². The molecule has 0 unspecified atom stereocenters. The molecule has 0 spiro atoms. The highest BCUT2D eigenvalue weighted by molar-refractivity contribution is 6.09. The molecule has 2 heterocycles. The molecule has 8 heteroatoms. The SMILES string of the molecule is CCOc1ccc(NC(=O)C(C#N)=Cc2c(Oc3ccc(C(C)(C)C)cc3)nc3ccccn3c2=O)cc1. The van der Waals surface area contributed by atoms with Gasteiger partial charge in [0, 0.05) is 11.9 Å². The molecule has 0 aliphatic rings. The standard InChI is InChI=1S/C30H28N4O4/c1-5-37-23-15-11-22(12-16-23)32-27(35)20(19-31)18-25-28(33-26-8-6-7-17-34(26)29(25)36)38-24-13-9-21(10-14-24)30(2,3)4/h6-18H,5H2,1-4H3,(H,32,35). The topological polar surface area (TPSA) is 106 Å². The summed E-state index contributed by atoms with van der Waals surface area (Å²) in [5.74, 6) is 0.451. The van der Waals surface area contributed by atoms with Crippen LogP contribution in [0.1, 0.15) is 38.8 Å². The fourth-order valence-electron chi connectivity index (χ4n) is 3.71. The van der Waals surface area contributed by atoms with E-state index in [2.05, 4.69) is 31.1 Å². The zero-order valence-electron chi connectivity index (χ0n) is 21.7. The number of anilines is 1. The highest BCUT2D eigenvalue weighted by Crippen LogP contribution is 2.28. The Morgan fingerprint density at radius 1 is 1.05 bits per heavy atom. The maximum absolute atomic E-state index is 13.4. The van der Waals surface area contributed by atoms with Crippen molar-refractivity contribution in [3.05, 3.63) is 100.0 Å². The van der Waals surface area contributed by atoms with E-state index >= 15 is 0 Å². The van der Waals surface area contributed by atoms with Gasteiger partial charge in [0.25, 0.3) is 11.5 Å². The van der Waals surface area contributed by atoms with E-state index in [9.17, 15) is 14.9 Å². The highest BCUT2D eigenvalue weighted by atomic mass is 16.5. The summed E-state index contributed by atoms with van der Waals surface area (Å²) in [7, 11) is 0. The van der Waals surface area contributed by atoms with Crippen molar-refractivity contribution >= 4 is 23.3 Å². The third-order valence-electron chi connectivity index (χ3n) is 5.75. The second-order valence-electron chi connectivity index (χ2n) is 9.52. The van der Waals surface area contributed by atoms with Crippen LogP contribution in [0.5, 0.6) is 17.4 Å². The van der Waals surface area contributed by atoms with E-state index < -0.39 is 11.5 Å². The van der Waals surface area contributed by atoms with Crippen molar-refractivity contribution in [2.45, 2.75) is 33.1 Å². The van der Waals surface area contributed by atoms with Crippen LogP contribution in [0.4, 0.5) is 5.69 Å². The number of benzene rings is 2. The lowest BCUT2D eigenvalue weighted by atomic mass is 9.87. The predicted molar refractivity (Wildman–Crippen MR) is 147 cm³/mol. The van der Waals surface area contributed by atoms with Gasteiger partial charge < -0.3 is 14.8 Å². The average molecular weight is 509 g/mol. The Kier molecular flexibility index (Phi) is 7.58. The summed E-state index contributed by atoms with van der Waals surface area (Å²) in [6, 6.07) is 21.3. The van der Waals surface area contributed by atoms with Crippen molar-refractivity contribution in [3.8, 4) is 23.4 Å². The van der Waals surface area contributed by atoms with Gasteiger partial charge in [-0.3, -0.25) is 14.0 Å². The number of nitriles is 1. The zero-order valence-corrected chi connectivity index (χ0v) is 21.7. The number of hydrogen-bond acceptors (Lipinski definition) is 6. The maximum Gasteiger partial charge on any atom is 0.269 e. The number of aromatic nitrogens is 2. The summed E-state index contributed by atoms with van der Waals surface area (Å²) in [5.41, 5.74) is 1.16. The van der Waals surface area contributed by atoms with E-state index in [0.717, 1.165) is 5.56 Å². The minimum Gasteiger partial charge on any atom is -0.494 e. The number of carbonyl (C=O) groups is 1. The third-order valence-corrected chi connectivity index (χ3v) is 5.75. The molecule has 1 N–H and O–H groups in total. The minimum atomic E-state index is -0.672. The van der Waals surface area contributed by atoms with Crippen molar-refractivity contribution in [2.75, 3.05) is 11.9 Å². The predicted octanol–water partition coefficient (Wildman–Crippen LogP) is 5.73. The molecule has 38 heavy (non-hydrogen) atoms. The number of nitrogens with zero attached hydrogens (tertiary/aromatic N) is 3. The molecule has 0 aliphatic heterocycles. The summed E-state index contributed by atoms with van der Waals surface area (Å²) in [6.45, 7) is 8.73. The highest BCUT2D eigenvalue weighted by Gasteiger charge is 2.18. The second-order valence-corrected chi connectivity index (χ2v) is 9.52. The van der Waals surface area contributed by atoms with E-state index in [4.69, 9.17) is 9.47 Å². The Morgan fingerprint density at radius 2 is 1.74 bits per heavy atom. The fourth-order valence-corrected chi connectivity index (χ4v) is 3.71. The first kappa shape index (κ1) is 26.2. The molecule has 0 saturated heterocycles. The lowest BCUT2D eigenvalue weighted by Gasteiger charge is -2.19. The number of rotatable bonds is 7. The van der Waals surface area contributed by atoms with Crippen LogP contribution in [0.3, 0.4) is 0 Å². The molecule has 4 aromatic rings. The Morgan fingerprint density at radius 3 is 2.37 bits per heavy atom. The normalized spacial score (nSPS) is 11.6. The average Bonchev–Trinajstić information content (AvgIpc) is 2.90. The van der Waals surface area contributed by atoms with Gasteiger partial charge in [-0.15, -0.1) is 0 Å². The van der Waals surface area contributed by atoms with Crippen LogP contribution in [0.15, 0.2) is 83.3 Å².